The number of ether oxygens (including phenoxy) is 2. The molecule has 2 atom stereocenters. The Kier molecular flexibility index (Phi) is 6.53. The minimum absolute atomic E-state index is 0.132. The summed E-state index contributed by atoms with van der Waals surface area (Å²) in [6.07, 6.45) is 4.86. The van der Waals surface area contributed by atoms with Crippen LogP contribution in [0.5, 0.6) is 5.75 Å². The lowest BCUT2D eigenvalue weighted by Gasteiger charge is -2.31. The Balaban J connectivity index is 1.73. The van der Waals surface area contributed by atoms with Crippen molar-refractivity contribution >= 4 is 6.09 Å². The second kappa shape index (κ2) is 9.26. The fraction of sp³-hybridized carbons (Fsp3) is 0.348. The van der Waals surface area contributed by atoms with E-state index in [2.05, 4.69) is 6.58 Å². The standard InChI is InChI=1S/C23H27NO3/c1-3-20-10-7-11-22(20)24(16-18-12-14-21(26-2)15-13-18)23(25)27-17-19-8-5-4-6-9-19/h3-6,8-9,12-15,20,22H,1,7,10-11,16-17H2,2H3/t20-,22-/m0/s1. The number of benzene rings is 2. The van der Waals surface area contributed by atoms with Gasteiger partial charge in [-0.05, 0) is 42.0 Å². The summed E-state index contributed by atoms with van der Waals surface area (Å²) in [7, 11) is 1.65. The lowest BCUT2D eigenvalue weighted by Crippen LogP contribution is -2.41. The number of hydrogen-bond donors (Lipinski definition) is 0. The van der Waals surface area contributed by atoms with E-state index in [0.717, 1.165) is 36.1 Å². The minimum Gasteiger partial charge on any atom is -0.497 e. The first-order chi connectivity index (χ1) is 13.2. The molecule has 3 rings (SSSR count). The van der Waals surface area contributed by atoms with Crippen molar-refractivity contribution in [3.8, 4) is 5.75 Å². The van der Waals surface area contributed by atoms with E-state index in [4.69, 9.17) is 9.47 Å². The molecular formula is C23H27NO3. The van der Waals surface area contributed by atoms with Gasteiger partial charge in [0.2, 0.25) is 0 Å². The molecule has 4 nitrogen and oxygen atoms in total. The predicted molar refractivity (Wildman–Crippen MR) is 106 cm³/mol. The Hall–Kier alpha value is -2.75. The van der Waals surface area contributed by atoms with Gasteiger partial charge >= 0.3 is 6.09 Å². The number of rotatable bonds is 7. The summed E-state index contributed by atoms with van der Waals surface area (Å²) in [5.74, 6) is 1.12. The largest absolute Gasteiger partial charge is 0.497 e. The highest BCUT2D eigenvalue weighted by atomic mass is 16.6. The SMILES string of the molecule is C=C[C@H]1CCC[C@@H]1N(Cc1ccc(OC)cc1)C(=O)OCc1ccccc1. The predicted octanol–water partition coefficient (Wildman–Crippen LogP) is 5.19. The molecule has 0 aromatic heterocycles. The van der Waals surface area contributed by atoms with E-state index >= 15 is 0 Å². The van der Waals surface area contributed by atoms with E-state index in [1.54, 1.807) is 7.11 Å². The van der Waals surface area contributed by atoms with Gasteiger partial charge in [0, 0.05) is 12.6 Å². The molecule has 0 spiro atoms. The highest BCUT2D eigenvalue weighted by molar-refractivity contribution is 5.68. The van der Waals surface area contributed by atoms with Gasteiger partial charge in [0.1, 0.15) is 12.4 Å². The summed E-state index contributed by atoms with van der Waals surface area (Å²) in [6.45, 7) is 4.77. The lowest BCUT2D eigenvalue weighted by molar-refractivity contribution is 0.0724. The van der Waals surface area contributed by atoms with E-state index in [9.17, 15) is 4.79 Å². The van der Waals surface area contributed by atoms with Crippen LogP contribution in [-0.4, -0.2) is 24.1 Å². The molecule has 0 bridgehead atoms. The highest BCUT2D eigenvalue weighted by Gasteiger charge is 2.34. The third-order valence-corrected chi connectivity index (χ3v) is 5.19. The van der Waals surface area contributed by atoms with Gasteiger partial charge in [-0.2, -0.15) is 0 Å². The average Bonchev–Trinajstić information content (AvgIpc) is 3.20. The van der Waals surface area contributed by atoms with Gasteiger partial charge in [0.25, 0.3) is 0 Å². The lowest BCUT2D eigenvalue weighted by atomic mass is 10.0. The first-order valence-electron chi connectivity index (χ1n) is 9.44. The molecule has 0 aliphatic heterocycles. The summed E-state index contributed by atoms with van der Waals surface area (Å²) in [4.78, 5) is 14.8. The van der Waals surface area contributed by atoms with Crippen LogP contribution >= 0.6 is 0 Å². The van der Waals surface area contributed by atoms with Crippen molar-refractivity contribution in [1.29, 1.82) is 0 Å². The molecule has 1 fully saturated rings. The van der Waals surface area contributed by atoms with Crippen molar-refractivity contribution in [1.82, 2.24) is 4.90 Å². The Morgan fingerprint density at radius 2 is 1.85 bits per heavy atom. The van der Waals surface area contributed by atoms with Crippen LogP contribution in [0.3, 0.4) is 0 Å². The quantitative estimate of drug-likeness (QED) is 0.634. The summed E-state index contributed by atoms with van der Waals surface area (Å²) in [5, 5.41) is 0. The van der Waals surface area contributed by atoms with Crippen LogP contribution in [0.2, 0.25) is 0 Å². The number of nitrogens with zero attached hydrogens (tertiary/aromatic N) is 1. The Morgan fingerprint density at radius 1 is 1.11 bits per heavy atom. The Morgan fingerprint density at radius 3 is 2.52 bits per heavy atom. The van der Waals surface area contributed by atoms with Crippen molar-refractivity contribution < 1.29 is 14.3 Å². The molecule has 1 saturated carbocycles. The van der Waals surface area contributed by atoms with Crippen LogP contribution in [0.25, 0.3) is 0 Å². The topological polar surface area (TPSA) is 38.8 Å². The van der Waals surface area contributed by atoms with Crippen molar-refractivity contribution in [2.75, 3.05) is 7.11 Å². The fourth-order valence-electron chi connectivity index (χ4n) is 3.68. The van der Waals surface area contributed by atoms with E-state index in [-0.39, 0.29) is 18.7 Å². The molecule has 0 N–H and O–H groups in total. The van der Waals surface area contributed by atoms with E-state index in [1.165, 1.54) is 0 Å². The van der Waals surface area contributed by atoms with E-state index in [1.807, 2.05) is 65.6 Å². The van der Waals surface area contributed by atoms with Gasteiger partial charge in [-0.25, -0.2) is 4.79 Å². The van der Waals surface area contributed by atoms with Crippen LogP contribution in [0.1, 0.15) is 30.4 Å². The normalized spacial score (nSPS) is 18.7. The molecule has 0 saturated heterocycles. The summed E-state index contributed by atoms with van der Waals surface area (Å²) < 4.78 is 10.9. The molecule has 27 heavy (non-hydrogen) atoms. The number of methoxy groups -OCH3 is 1. The molecule has 4 heteroatoms. The third kappa shape index (κ3) is 4.91. The highest BCUT2D eigenvalue weighted by Crippen LogP contribution is 2.32. The fourth-order valence-corrected chi connectivity index (χ4v) is 3.68. The zero-order valence-corrected chi connectivity index (χ0v) is 15.8. The van der Waals surface area contributed by atoms with E-state index in [0.29, 0.717) is 12.5 Å². The molecule has 0 unspecified atom stereocenters. The zero-order valence-electron chi connectivity index (χ0n) is 15.8. The van der Waals surface area contributed by atoms with Gasteiger partial charge in [0.05, 0.1) is 7.11 Å². The van der Waals surface area contributed by atoms with Crippen LogP contribution in [0, 0.1) is 5.92 Å². The first kappa shape index (κ1) is 19.0. The number of carbonyl (C=O) groups excluding carboxylic acids is 1. The summed E-state index contributed by atoms with van der Waals surface area (Å²) in [5.41, 5.74) is 2.05. The molecular weight excluding hydrogens is 338 g/mol. The molecule has 1 aliphatic rings. The van der Waals surface area contributed by atoms with Gasteiger partial charge in [-0.15, -0.1) is 6.58 Å². The van der Waals surface area contributed by atoms with Crippen LogP contribution < -0.4 is 4.74 Å². The molecule has 0 heterocycles. The van der Waals surface area contributed by atoms with Gasteiger partial charge in [-0.3, -0.25) is 0 Å². The monoisotopic (exact) mass is 365 g/mol. The van der Waals surface area contributed by atoms with Crippen LogP contribution in [0.4, 0.5) is 4.79 Å². The maximum Gasteiger partial charge on any atom is 0.410 e. The summed E-state index contributed by atoms with van der Waals surface area (Å²) in [6, 6.07) is 17.7. The number of amides is 1. The zero-order chi connectivity index (χ0) is 19.1. The number of carbonyl (C=O) groups is 1. The second-order valence-corrected chi connectivity index (χ2v) is 6.91. The maximum absolute atomic E-state index is 12.9. The maximum atomic E-state index is 12.9. The number of hydrogen-bond acceptors (Lipinski definition) is 3. The molecule has 0 radical (unpaired) electrons. The van der Waals surface area contributed by atoms with Crippen molar-refractivity contribution in [2.24, 2.45) is 5.92 Å². The van der Waals surface area contributed by atoms with Crippen molar-refractivity contribution in [2.45, 2.75) is 38.5 Å². The summed E-state index contributed by atoms with van der Waals surface area (Å²) >= 11 is 0. The molecule has 1 aliphatic carbocycles. The van der Waals surface area contributed by atoms with Gasteiger partial charge in [0.15, 0.2) is 0 Å². The smallest absolute Gasteiger partial charge is 0.410 e. The van der Waals surface area contributed by atoms with Gasteiger partial charge < -0.3 is 14.4 Å². The minimum atomic E-state index is -0.270. The van der Waals surface area contributed by atoms with Crippen molar-refractivity contribution in [3.63, 3.8) is 0 Å². The molecule has 142 valence electrons. The molecule has 2 aromatic rings. The van der Waals surface area contributed by atoms with Crippen LogP contribution in [-0.2, 0) is 17.9 Å². The van der Waals surface area contributed by atoms with E-state index < -0.39 is 0 Å². The molecule has 2 aromatic carbocycles. The Bertz CT molecular complexity index is 742. The second-order valence-electron chi connectivity index (χ2n) is 6.91. The average molecular weight is 365 g/mol. The molecule has 1 amide bonds. The van der Waals surface area contributed by atoms with Gasteiger partial charge in [-0.1, -0.05) is 55.0 Å². The first-order valence-corrected chi connectivity index (χ1v) is 9.44. The van der Waals surface area contributed by atoms with Crippen LogP contribution in [0.15, 0.2) is 67.3 Å². The third-order valence-electron chi connectivity index (χ3n) is 5.19. The van der Waals surface area contributed by atoms with Crippen molar-refractivity contribution in [3.05, 3.63) is 78.4 Å². The Labute approximate surface area is 161 Å².